The number of carbonyl (C=O) groups is 2. The molecule has 1 aliphatic rings. The average Bonchev–Trinajstić information content (AvgIpc) is 2.77. The molecule has 2 aromatic carbocycles. The summed E-state index contributed by atoms with van der Waals surface area (Å²) in [6.07, 6.45) is 3.46. The molecule has 0 fully saturated rings. The number of ether oxygens (including phenoxy) is 2. The van der Waals surface area contributed by atoms with E-state index in [0.717, 1.165) is 5.56 Å². The van der Waals surface area contributed by atoms with Crippen molar-refractivity contribution in [1.29, 1.82) is 0 Å². The smallest absolute Gasteiger partial charge is 0.248 e. The van der Waals surface area contributed by atoms with Crippen LogP contribution in [0.4, 0.5) is 0 Å². The summed E-state index contributed by atoms with van der Waals surface area (Å²) in [5, 5.41) is 0. The number of aromatic nitrogens is 1. The first-order valence-electron chi connectivity index (χ1n) is 9.22. The number of hydrogen-bond donors (Lipinski definition) is 1. The standard InChI is InChI=1S/C16H15NO3.C7H7NO/c1-11-9-20-15-8-13(2-3-14(15)16(11)18)19-10-12-4-6-17-7-5-12;8-7(9)6-4-2-1-3-5-6/h2-8,11H,9-10H2,1H3;1-5H,(H2,8,9). The first-order valence-corrected chi connectivity index (χ1v) is 9.22. The van der Waals surface area contributed by atoms with Gasteiger partial charge in [0.05, 0.1) is 18.1 Å². The molecule has 0 aliphatic carbocycles. The highest BCUT2D eigenvalue weighted by atomic mass is 16.5. The lowest BCUT2D eigenvalue weighted by molar-refractivity contribution is 0.0848. The number of ketones is 1. The molecule has 3 aromatic rings. The van der Waals surface area contributed by atoms with Crippen molar-refractivity contribution in [3.63, 3.8) is 0 Å². The molecule has 2 N–H and O–H groups in total. The van der Waals surface area contributed by atoms with Crippen molar-refractivity contribution in [3.05, 3.63) is 89.7 Å². The van der Waals surface area contributed by atoms with E-state index >= 15 is 0 Å². The Kier molecular flexibility index (Phi) is 6.58. The average molecular weight is 390 g/mol. The summed E-state index contributed by atoms with van der Waals surface area (Å²) in [5.74, 6) is 0.983. The first-order chi connectivity index (χ1) is 14.0. The van der Waals surface area contributed by atoms with E-state index in [1.165, 1.54) is 0 Å². The molecule has 6 heteroatoms. The largest absolute Gasteiger partial charge is 0.492 e. The van der Waals surface area contributed by atoms with Crippen molar-refractivity contribution in [2.24, 2.45) is 11.7 Å². The Morgan fingerprint density at radius 3 is 2.52 bits per heavy atom. The summed E-state index contributed by atoms with van der Waals surface area (Å²) in [6.45, 7) is 2.77. The second-order valence-corrected chi connectivity index (χ2v) is 6.61. The lowest BCUT2D eigenvalue weighted by Crippen LogP contribution is -2.25. The van der Waals surface area contributed by atoms with Gasteiger partial charge in [-0.2, -0.15) is 0 Å². The fraction of sp³-hybridized carbons (Fsp3) is 0.174. The highest BCUT2D eigenvalue weighted by molar-refractivity contribution is 6.01. The lowest BCUT2D eigenvalue weighted by atomic mass is 9.97. The van der Waals surface area contributed by atoms with E-state index in [0.29, 0.717) is 35.8 Å². The molecule has 0 saturated heterocycles. The minimum atomic E-state index is -0.379. The molecule has 2 heterocycles. The third-order valence-electron chi connectivity index (χ3n) is 4.37. The summed E-state index contributed by atoms with van der Waals surface area (Å²) >= 11 is 0. The van der Waals surface area contributed by atoms with Gasteiger partial charge in [0.25, 0.3) is 0 Å². The van der Waals surface area contributed by atoms with E-state index in [1.54, 1.807) is 54.9 Å². The fourth-order valence-electron chi connectivity index (χ4n) is 2.72. The fourth-order valence-corrected chi connectivity index (χ4v) is 2.72. The number of carbonyl (C=O) groups excluding carboxylic acids is 2. The van der Waals surface area contributed by atoms with Crippen LogP contribution in [0.2, 0.25) is 0 Å². The molecule has 29 heavy (non-hydrogen) atoms. The van der Waals surface area contributed by atoms with E-state index in [2.05, 4.69) is 4.98 Å². The zero-order valence-electron chi connectivity index (χ0n) is 16.1. The summed E-state index contributed by atoms with van der Waals surface area (Å²) in [7, 11) is 0. The van der Waals surface area contributed by atoms with Gasteiger partial charge in [-0.05, 0) is 42.0 Å². The Labute approximate surface area is 169 Å². The zero-order chi connectivity index (χ0) is 20.6. The van der Waals surface area contributed by atoms with E-state index in [1.807, 2.05) is 25.1 Å². The molecular weight excluding hydrogens is 368 g/mol. The Morgan fingerprint density at radius 2 is 1.86 bits per heavy atom. The van der Waals surface area contributed by atoms with Gasteiger partial charge in [-0.1, -0.05) is 25.1 Å². The lowest BCUT2D eigenvalue weighted by Gasteiger charge is -2.21. The first kappa shape index (κ1) is 20.1. The molecule has 1 aromatic heterocycles. The molecule has 1 atom stereocenters. The number of pyridine rings is 1. The summed E-state index contributed by atoms with van der Waals surface area (Å²) in [5.41, 5.74) is 7.21. The second-order valence-electron chi connectivity index (χ2n) is 6.61. The normalized spacial score (nSPS) is 14.7. The number of rotatable bonds is 4. The number of primary amides is 1. The van der Waals surface area contributed by atoms with Gasteiger partial charge in [-0.3, -0.25) is 14.6 Å². The van der Waals surface area contributed by atoms with Gasteiger partial charge in [0.2, 0.25) is 5.91 Å². The monoisotopic (exact) mass is 390 g/mol. The summed E-state index contributed by atoms with van der Waals surface area (Å²) < 4.78 is 11.3. The van der Waals surface area contributed by atoms with Crippen LogP contribution in [0.25, 0.3) is 0 Å². The molecule has 148 valence electrons. The predicted octanol–water partition coefficient (Wildman–Crippen LogP) is 3.66. The molecule has 6 nitrogen and oxygen atoms in total. The van der Waals surface area contributed by atoms with Crippen molar-refractivity contribution >= 4 is 11.7 Å². The minimum Gasteiger partial charge on any atom is -0.492 e. The molecule has 0 saturated carbocycles. The van der Waals surface area contributed by atoms with Gasteiger partial charge in [-0.15, -0.1) is 0 Å². The van der Waals surface area contributed by atoms with Gasteiger partial charge >= 0.3 is 0 Å². The maximum Gasteiger partial charge on any atom is 0.248 e. The molecule has 0 radical (unpaired) electrons. The SMILES string of the molecule is CC1COc2cc(OCc3ccncc3)ccc2C1=O.NC(=O)c1ccccc1. The Balaban J connectivity index is 0.000000224. The van der Waals surface area contributed by atoms with Crippen molar-refractivity contribution in [2.75, 3.05) is 6.61 Å². The molecule has 0 bridgehead atoms. The topological polar surface area (TPSA) is 91.5 Å². The number of benzene rings is 2. The van der Waals surface area contributed by atoms with Gasteiger partial charge in [0.1, 0.15) is 18.1 Å². The van der Waals surface area contributed by atoms with E-state index in [-0.39, 0.29) is 17.6 Å². The molecule has 1 aliphatic heterocycles. The van der Waals surface area contributed by atoms with Gasteiger partial charge in [0, 0.05) is 24.0 Å². The molecule has 4 rings (SSSR count). The van der Waals surface area contributed by atoms with E-state index in [9.17, 15) is 9.59 Å². The van der Waals surface area contributed by atoms with Crippen molar-refractivity contribution in [2.45, 2.75) is 13.5 Å². The summed E-state index contributed by atoms with van der Waals surface area (Å²) in [4.78, 5) is 26.4. The number of hydrogen-bond acceptors (Lipinski definition) is 5. The van der Waals surface area contributed by atoms with Crippen molar-refractivity contribution in [3.8, 4) is 11.5 Å². The van der Waals surface area contributed by atoms with Crippen LogP contribution in [0.1, 0.15) is 33.2 Å². The van der Waals surface area contributed by atoms with Gasteiger partial charge in [-0.25, -0.2) is 0 Å². The van der Waals surface area contributed by atoms with E-state index in [4.69, 9.17) is 15.2 Å². The Hall–Kier alpha value is -3.67. The highest BCUT2D eigenvalue weighted by Gasteiger charge is 2.25. The number of amides is 1. The molecule has 1 amide bonds. The van der Waals surface area contributed by atoms with Crippen molar-refractivity contribution < 1.29 is 19.1 Å². The third-order valence-corrected chi connectivity index (χ3v) is 4.37. The van der Waals surface area contributed by atoms with Crippen LogP contribution in [-0.2, 0) is 6.61 Å². The number of nitrogens with zero attached hydrogens (tertiary/aromatic N) is 1. The quantitative estimate of drug-likeness (QED) is 0.734. The minimum absolute atomic E-state index is 0.0777. The highest BCUT2D eigenvalue weighted by Crippen LogP contribution is 2.31. The van der Waals surface area contributed by atoms with Gasteiger partial charge in [0.15, 0.2) is 5.78 Å². The number of fused-ring (bicyclic) bond motifs is 1. The van der Waals surface area contributed by atoms with Crippen LogP contribution in [0.5, 0.6) is 11.5 Å². The molecular formula is C23H22N2O4. The maximum absolute atomic E-state index is 12.0. The number of Topliss-reactive ketones (excluding diaryl/α,β-unsaturated/α-hetero) is 1. The van der Waals surface area contributed by atoms with Crippen LogP contribution in [-0.4, -0.2) is 23.3 Å². The maximum atomic E-state index is 12.0. The molecule has 1 unspecified atom stereocenters. The van der Waals surface area contributed by atoms with Crippen LogP contribution in [0, 0.1) is 5.92 Å². The van der Waals surface area contributed by atoms with Crippen LogP contribution >= 0.6 is 0 Å². The van der Waals surface area contributed by atoms with Crippen LogP contribution in [0.15, 0.2) is 73.1 Å². The zero-order valence-corrected chi connectivity index (χ0v) is 16.1. The van der Waals surface area contributed by atoms with E-state index < -0.39 is 0 Å². The van der Waals surface area contributed by atoms with Crippen LogP contribution in [0.3, 0.4) is 0 Å². The van der Waals surface area contributed by atoms with Crippen LogP contribution < -0.4 is 15.2 Å². The van der Waals surface area contributed by atoms with Crippen molar-refractivity contribution in [1.82, 2.24) is 4.98 Å². The summed E-state index contributed by atoms with van der Waals surface area (Å²) in [6, 6.07) is 17.9. The Morgan fingerprint density at radius 1 is 1.14 bits per heavy atom. The number of nitrogens with two attached hydrogens (primary N) is 1. The molecule has 0 spiro atoms. The third kappa shape index (κ3) is 5.42. The Bertz CT molecular complexity index is 975. The predicted molar refractivity (Wildman–Crippen MR) is 109 cm³/mol. The van der Waals surface area contributed by atoms with Gasteiger partial charge < -0.3 is 15.2 Å². The second kappa shape index (κ2) is 9.50.